The second-order valence-corrected chi connectivity index (χ2v) is 4.68. The van der Waals surface area contributed by atoms with E-state index in [0.717, 1.165) is 28.7 Å². The topological polar surface area (TPSA) is 79.4 Å². The Kier molecular flexibility index (Phi) is 3.48. The molecule has 3 aromatic rings. The van der Waals surface area contributed by atoms with E-state index in [2.05, 4.69) is 26.7 Å². The van der Waals surface area contributed by atoms with Crippen molar-refractivity contribution in [3.8, 4) is 6.07 Å². The molecule has 0 aliphatic rings. The molecule has 104 valence electrons. The van der Waals surface area contributed by atoms with Crippen molar-refractivity contribution in [2.75, 3.05) is 11.9 Å². The first-order valence-electron chi connectivity index (χ1n) is 6.66. The standard InChI is InChI=1S/C15H14N6/c1-21-11(7-9-18-21)6-8-17-15-12-4-2-3-5-13(12)19-20-14(15)10-16/h2-5,7,9H,6,8H2,1H3,(H,17,19). The lowest BCUT2D eigenvalue weighted by Gasteiger charge is -2.10. The van der Waals surface area contributed by atoms with Crippen LogP contribution in [-0.2, 0) is 13.5 Å². The highest BCUT2D eigenvalue weighted by Gasteiger charge is 2.09. The molecule has 0 saturated heterocycles. The Balaban J connectivity index is 1.86. The minimum absolute atomic E-state index is 0.318. The van der Waals surface area contributed by atoms with E-state index >= 15 is 0 Å². The number of fused-ring (bicyclic) bond motifs is 1. The number of aryl methyl sites for hydroxylation is 1. The number of rotatable bonds is 4. The molecule has 0 bridgehead atoms. The largest absolute Gasteiger partial charge is 0.382 e. The molecular weight excluding hydrogens is 264 g/mol. The predicted octanol–water partition coefficient (Wildman–Crippen LogP) is 1.89. The Labute approximate surface area is 122 Å². The summed E-state index contributed by atoms with van der Waals surface area (Å²) < 4.78 is 1.84. The summed E-state index contributed by atoms with van der Waals surface area (Å²) in [6.07, 6.45) is 2.59. The lowest BCUT2D eigenvalue weighted by Crippen LogP contribution is -2.10. The van der Waals surface area contributed by atoms with Crippen LogP contribution in [0.5, 0.6) is 0 Å². The van der Waals surface area contributed by atoms with Crippen LogP contribution in [0, 0.1) is 11.3 Å². The third-order valence-corrected chi connectivity index (χ3v) is 3.38. The molecular formula is C15H14N6. The summed E-state index contributed by atoms with van der Waals surface area (Å²) >= 11 is 0. The normalized spacial score (nSPS) is 10.5. The lowest BCUT2D eigenvalue weighted by atomic mass is 10.1. The van der Waals surface area contributed by atoms with Gasteiger partial charge in [-0.25, -0.2) is 0 Å². The predicted molar refractivity (Wildman–Crippen MR) is 79.7 cm³/mol. The van der Waals surface area contributed by atoms with Crippen LogP contribution in [0.15, 0.2) is 36.5 Å². The molecule has 3 rings (SSSR count). The van der Waals surface area contributed by atoms with Crippen LogP contribution >= 0.6 is 0 Å². The summed E-state index contributed by atoms with van der Waals surface area (Å²) in [5.74, 6) is 0. The maximum Gasteiger partial charge on any atom is 0.186 e. The Hall–Kier alpha value is -2.94. The van der Waals surface area contributed by atoms with Gasteiger partial charge in [0.2, 0.25) is 0 Å². The number of nitriles is 1. The van der Waals surface area contributed by atoms with Crippen LogP contribution in [0.1, 0.15) is 11.4 Å². The van der Waals surface area contributed by atoms with Gasteiger partial charge in [0.25, 0.3) is 0 Å². The highest BCUT2D eigenvalue weighted by atomic mass is 15.3. The van der Waals surface area contributed by atoms with Gasteiger partial charge in [-0.1, -0.05) is 18.2 Å². The molecule has 0 radical (unpaired) electrons. The Morgan fingerprint density at radius 1 is 1.24 bits per heavy atom. The molecule has 1 aromatic carbocycles. The molecule has 2 heterocycles. The van der Waals surface area contributed by atoms with Crippen LogP contribution in [-0.4, -0.2) is 26.5 Å². The van der Waals surface area contributed by atoms with Crippen molar-refractivity contribution >= 4 is 16.6 Å². The zero-order valence-corrected chi connectivity index (χ0v) is 11.6. The van der Waals surface area contributed by atoms with Gasteiger partial charge in [0.15, 0.2) is 5.69 Å². The number of hydrogen-bond acceptors (Lipinski definition) is 5. The monoisotopic (exact) mass is 278 g/mol. The number of benzene rings is 1. The summed E-state index contributed by atoms with van der Waals surface area (Å²) in [4.78, 5) is 0. The zero-order valence-electron chi connectivity index (χ0n) is 11.6. The minimum Gasteiger partial charge on any atom is -0.382 e. The van der Waals surface area contributed by atoms with E-state index in [1.54, 1.807) is 6.20 Å². The molecule has 1 N–H and O–H groups in total. The fourth-order valence-electron chi connectivity index (χ4n) is 2.27. The maximum atomic E-state index is 9.20. The fourth-order valence-corrected chi connectivity index (χ4v) is 2.27. The van der Waals surface area contributed by atoms with Crippen molar-refractivity contribution in [3.05, 3.63) is 47.9 Å². The molecule has 6 nitrogen and oxygen atoms in total. The maximum absolute atomic E-state index is 9.20. The molecule has 0 aliphatic carbocycles. The van der Waals surface area contributed by atoms with Crippen molar-refractivity contribution in [1.82, 2.24) is 20.0 Å². The van der Waals surface area contributed by atoms with Gasteiger partial charge in [-0.3, -0.25) is 4.68 Å². The first-order chi connectivity index (χ1) is 10.3. The van der Waals surface area contributed by atoms with Gasteiger partial charge >= 0.3 is 0 Å². The van der Waals surface area contributed by atoms with Gasteiger partial charge in [-0.15, -0.1) is 10.2 Å². The summed E-state index contributed by atoms with van der Waals surface area (Å²) in [5.41, 5.74) is 2.97. The van der Waals surface area contributed by atoms with Gasteiger partial charge < -0.3 is 5.32 Å². The smallest absolute Gasteiger partial charge is 0.186 e. The average Bonchev–Trinajstić information content (AvgIpc) is 2.93. The number of nitrogens with one attached hydrogen (secondary N) is 1. The quantitative estimate of drug-likeness (QED) is 0.788. The van der Waals surface area contributed by atoms with Crippen LogP contribution in [0.4, 0.5) is 5.69 Å². The molecule has 21 heavy (non-hydrogen) atoms. The molecule has 0 amide bonds. The van der Waals surface area contributed by atoms with Gasteiger partial charge in [0, 0.05) is 37.3 Å². The molecule has 6 heteroatoms. The van der Waals surface area contributed by atoms with Crippen molar-refractivity contribution in [2.45, 2.75) is 6.42 Å². The molecule has 0 spiro atoms. The molecule has 0 fully saturated rings. The van der Waals surface area contributed by atoms with Crippen molar-refractivity contribution < 1.29 is 0 Å². The first-order valence-corrected chi connectivity index (χ1v) is 6.66. The fraction of sp³-hybridized carbons (Fsp3) is 0.200. The van der Waals surface area contributed by atoms with Gasteiger partial charge in [0.1, 0.15) is 6.07 Å². The first kappa shape index (κ1) is 13.1. The van der Waals surface area contributed by atoms with Crippen LogP contribution < -0.4 is 5.32 Å². The van der Waals surface area contributed by atoms with Crippen molar-refractivity contribution in [3.63, 3.8) is 0 Å². The second kappa shape index (κ2) is 5.59. The van der Waals surface area contributed by atoms with Crippen molar-refractivity contribution in [1.29, 1.82) is 5.26 Å². The summed E-state index contributed by atoms with van der Waals surface area (Å²) in [6.45, 7) is 0.698. The van der Waals surface area contributed by atoms with Gasteiger partial charge in [-0.2, -0.15) is 10.4 Å². The Morgan fingerprint density at radius 2 is 2.10 bits per heavy atom. The van der Waals surface area contributed by atoms with Gasteiger partial charge in [0.05, 0.1) is 11.2 Å². The number of anilines is 1. The average molecular weight is 278 g/mol. The van der Waals surface area contributed by atoms with Crippen LogP contribution in [0.2, 0.25) is 0 Å². The van der Waals surface area contributed by atoms with Crippen molar-refractivity contribution in [2.24, 2.45) is 7.05 Å². The number of hydrogen-bond donors (Lipinski definition) is 1. The van der Waals surface area contributed by atoms with E-state index in [9.17, 15) is 5.26 Å². The van der Waals surface area contributed by atoms with Crippen LogP contribution in [0.3, 0.4) is 0 Å². The number of nitrogens with zero attached hydrogens (tertiary/aromatic N) is 5. The van der Waals surface area contributed by atoms with E-state index in [0.29, 0.717) is 12.2 Å². The SMILES string of the molecule is Cn1nccc1CCNc1c(C#N)nnc2ccccc12. The second-order valence-electron chi connectivity index (χ2n) is 4.68. The highest BCUT2D eigenvalue weighted by Crippen LogP contribution is 2.23. The molecule has 0 unspecified atom stereocenters. The van der Waals surface area contributed by atoms with E-state index in [1.807, 2.05) is 42.1 Å². The van der Waals surface area contributed by atoms with E-state index in [-0.39, 0.29) is 0 Å². The third kappa shape index (κ3) is 2.54. The third-order valence-electron chi connectivity index (χ3n) is 3.38. The molecule has 0 atom stereocenters. The highest BCUT2D eigenvalue weighted by molar-refractivity contribution is 5.92. The summed E-state index contributed by atoms with van der Waals surface area (Å²) in [6, 6.07) is 11.7. The summed E-state index contributed by atoms with van der Waals surface area (Å²) in [5, 5.41) is 25.6. The van der Waals surface area contributed by atoms with E-state index < -0.39 is 0 Å². The zero-order chi connectivity index (χ0) is 14.7. The Bertz CT molecular complexity index is 814. The Morgan fingerprint density at radius 3 is 2.86 bits per heavy atom. The van der Waals surface area contributed by atoms with Gasteiger partial charge in [-0.05, 0) is 12.1 Å². The minimum atomic E-state index is 0.318. The van der Waals surface area contributed by atoms with E-state index in [4.69, 9.17) is 0 Å². The number of aromatic nitrogens is 4. The molecule has 0 saturated carbocycles. The summed E-state index contributed by atoms with van der Waals surface area (Å²) in [7, 11) is 1.92. The molecule has 2 aromatic heterocycles. The van der Waals surface area contributed by atoms with Crippen LogP contribution in [0.25, 0.3) is 10.9 Å². The lowest BCUT2D eigenvalue weighted by molar-refractivity contribution is 0.711. The van der Waals surface area contributed by atoms with E-state index in [1.165, 1.54) is 0 Å². The molecule has 0 aliphatic heterocycles.